The van der Waals surface area contributed by atoms with Crippen molar-refractivity contribution < 1.29 is 0 Å². The molecule has 3 nitrogen and oxygen atoms in total. The number of aromatic nitrogens is 2. The number of aryl methyl sites for hydroxylation is 1. The molecule has 0 saturated carbocycles. The highest BCUT2D eigenvalue weighted by Gasteiger charge is 2.27. The first-order valence-corrected chi connectivity index (χ1v) is 7.14. The molecule has 0 bridgehead atoms. The number of nitrogens with one attached hydrogen (secondary N) is 1. The highest BCUT2D eigenvalue weighted by atomic mass is 16.1. The molecule has 1 heterocycles. The van der Waals surface area contributed by atoms with Crippen LogP contribution < -0.4 is 5.56 Å². The molecule has 0 atom stereocenters. The van der Waals surface area contributed by atoms with E-state index in [0.29, 0.717) is 0 Å². The molecule has 2 aromatic rings. The lowest BCUT2D eigenvalue weighted by molar-refractivity contribution is 0.446. The molecule has 3 heteroatoms. The minimum absolute atomic E-state index is 0.00696. The number of H-pyrrole nitrogens is 1. The van der Waals surface area contributed by atoms with E-state index in [0.717, 1.165) is 16.8 Å². The van der Waals surface area contributed by atoms with Crippen molar-refractivity contribution in [2.75, 3.05) is 0 Å². The van der Waals surface area contributed by atoms with E-state index in [4.69, 9.17) is 0 Å². The number of hydrogen-bond donors (Lipinski definition) is 1. The second-order valence-electron chi connectivity index (χ2n) is 6.74. The van der Waals surface area contributed by atoms with Gasteiger partial charge in [0.25, 0.3) is 5.56 Å². The Labute approximate surface area is 120 Å². The smallest absolute Gasteiger partial charge is 0.272 e. The number of aromatic amines is 1. The van der Waals surface area contributed by atoms with E-state index in [1.165, 1.54) is 5.56 Å². The molecular weight excluding hydrogens is 248 g/mol. The molecule has 0 amide bonds. The fourth-order valence-electron chi connectivity index (χ4n) is 2.56. The van der Waals surface area contributed by atoms with Crippen molar-refractivity contribution >= 4 is 0 Å². The summed E-state index contributed by atoms with van der Waals surface area (Å²) in [6.45, 7) is 12.7. The van der Waals surface area contributed by atoms with Crippen molar-refractivity contribution in [1.29, 1.82) is 0 Å². The van der Waals surface area contributed by atoms with Crippen LogP contribution in [0.25, 0.3) is 11.1 Å². The van der Waals surface area contributed by atoms with Crippen LogP contribution in [0.1, 0.15) is 51.9 Å². The van der Waals surface area contributed by atoms with Crippen LogP contribution >= 0.6 is 0 Å². The predicted octanol–water partition coefficient (Wildman–Crippen LogP) is 4.03. The Balaban J connectivity index is 2.76. The van der Waals surface area contributed by atoms with E-state index >= 15 is 0 Å². The van der Waals surface area contributed by atoms with Gasteiger partial charge in [0.1, 0.15) is 0 Å². The summed E-state index contributed by atoms with van der Waals surface area (Å²) in [4.78, 5) is 12.4. The Hall–Kier alpha value is -1.77. The van der Waals surface area contributed by atoms with Crippen molar-refractivity contribution in [3.8, 4) is 11.1 Å². The average molecular weight is 272 g/mol. The summed E-state index contributed by atoms with van der Waals surface area (Å²) in [6, 6.07) is 8.39. The van der Waals surface area contributed by atoms with E-state index in [9.17, 15) is 4.79 Å². The van der Waals surface area contributed by atoms with Crippen LogP contribution in [-0.2, 0) is 5.41 Å². The molecule has 1 N–H and O–H groups in total. The molecule has 0 radical (unpaired) electrons. The number of nitrogens with zero attached hydrogens (tertiary/aromatic N) is 1. The van der Waals surface area contributed by atoms with Crippen LogP contribution in [0.3, 0.4) is 0 Å². The van der Waals surface area contributed by atoms with E-state index in [2.05, 4.69) is 46.6 Å². The van der Waals surface area contributed by atoms with Gasteiger partial charge in [0, 0.05) is 11.5 Å². The van der Waals surface area contributed by atoms with E-state index in [1.807, 2.05) is 28.9 Å². The first-order chi connectivity index (χ1) is 9.21. The first-order valence-electron chi connectivity index (χ1n) is 7.14. The summed E-state index contributed by atoms with van der Waals surface area (Å²) < 4.78 is 2.00. The molecular formula is C17H24N2O. The summed E-state index contributed by atoms with van der Waals surface area (Å²) in [5.41, 5.74) is 3.95. The van der Waals surface area contributed by atoms with Crippen molar-refractivity contribution in [3.05, 3.63) is 45.9 Å². The summed E-state index contributed by atoms with van der Waals surface area (Å²) in [7, 11) is 0. The molecule has 0 aliphatic heterocycles. The van der Waals surface area contributed by atoms with Gasteiger partial charge in [-0.25, -0.2) is 0 Å². The zero-order valence-electron chi connectivity index (χ0n) is 13.2. The standard InChI is InChI=1S/C17H24N2O/c1-11(2)19-15(17(4,5)6)14(16(20)18-19)13-9-7-12(3)8-10-13/h7-11H,1-6H3,(H,18,20). The van der Waals surface area contributed by atoms with Crippen LogP contribution in [0.2, 0.25) is 0 Å². The van der Waals surface area contributed by atoms with Crippen molar-refractivity contribution in [2.24, 2.45) is 0 Å². The number of rotatable bonds is 2. The summed E-state index contributed by atoms with van der Waals surface area (Å²) in [5.74, 6) is 0. The lowest BCUT2D eigenvalue weighted by atomic mass is 9.86. The Morgan fingerprint density at radius 2 is 1.65 bits per heavy atom. The molecule has 1 aromatic heterocycles. The van der Waals surface area contributed by atoms with E-state index < -0.39 is 0 Å². The first kappa shape index (κ1) is 14.6. The maximum Gasteiger partial charge on any atom is 0.272 e. The van der Waals surface area contributed by atoms with Gasteiger partial charge in [0.05, 0.1) is 11.3 Å². The minimum atomic E-state index is -0.0936. The summed E-state index contributed by atoms with van der Waals surface area (Å²) in [5, 5.41) is 2.99. The van der Waals surface area contributed by atoms with Gasteiger partial charge in [-0.1, -0.05) is 50.6 Å². The van der Waals surface area contributed by atoms with Crippen molar-refractivity contribution in [3.63, 3.8) is 0 Å². The van der Waals surface area contributed by atoms with Gasteiger partial charge in [-0.3, -0.25) is 14.6 Å². The third-order valence-electron chi connectivity index (χ3n) is 3.49. The second-order valence-corrected chi connectivity index (χ2v) is 6.74. The Morgan fingerprint density at radius 3 is 2.10 bits per heavy atom. The monoisotopic (exact) mass is 272 g/mol. The second kappa shape index (κ2) is 4.97. The maximum atomic E-state index is 12.4. The molecule has 108 valence electrons. The van der Waals surface area contributed by atoms with E-state index in [1.54, 1.807) is 0 Å². The Kier molecular flexibility index (Phi) is 3.63. The van der Waals surface area contributed by atoms with Crippen molar-refractivity contribution in [2.45, 2.75) is 53.0 Å². The maximum absolute atomic E-state index is 12.4. The summed E-state index contributed by atoms with van der Waals surface area (Å²) >= 11 is 0. The minimum Gasteiger partial charge on any atom is -0.286 e. The van der Waals surface area contributed by atoms with Gasteiger partial charge in [-0.05, 0) is 26.3 Å². The van der Waals surface area contributed by atoms with Crippen LogP contribution in [0.4, 0.5) is 0 Å². The van der Waals surface area contributed by atoms with Crippen LogP contribution in [0, 0.1) is 6.92 Å². The quantitative estimate of drug-likeness (QED) is 0.880. The van der Waals surface area contributed by atoms with Crippen LogP contribution in [0.15, 0.2) is 29.1 Å². The zero-order valence-corrected chi connectivity index (χ0v) is 13.2. The Morgan fingerprint density at radius 1 is 1.10 bits per heavy atom. The number of benzene rings is 1. The third kappa shape index (κ3) is 2.58. The molecule has 0 fully saturated rings. The molecule has 0 spiro atoms. The highest BCUT2D eigenvalue weighted by molar-refractivity contribution is 5.67. The fraction of sp³-hybridized carbons (Fsp3) is 0.471. The molecule has 0 aliphatic rings. The van der Waals surface area contributed by atoms with Gasteiger partial charge < -0.3 is 0 Å². The van der Waals surface area contributed by atoms with Gasteiger partial charge in [0.15, 0.2) is 0 Å². The fourth-order valence-corrected chi connectivity index (χ4v) is 2.56. The van der Waals surface area contributed by atoms with Gasteiger partial charge >= 0.3 is 0 Å². The highest BCUT2D eigenvalue weighted by Crippen LogP contribution is 2.32. The van der Waals surface area contributed by atoms with Gasteiger partial charge in [-0.15, -0.1) is 0 Å². The lowest BCUT2D eigenvalue weighted by Gasteiger charge is -2.24. The van der Waals surface area contributed by atoms with Crippen LogP contribution in [0.5, 0.6) is 0 Å². The number of hydrogen-bond acceptors (Lipinski definition) is 1. The molecule has 20 heavy (non-hydrogen) atoms. The van der Waals surface area contributed by atoms with E-state index in [-0.39, 0.29) is 17.0 Å². The third-order valence-corrected chi connectivity index (χ3v) is 3.49. The largest absolute Gasteiger partial charge is 0.286 e. The van der Waals surface area contributed by atoms with Crippen LogP contribution in [-0.4, -0.2) is 9.78 Å². The normalized spacial score (nSPS) is 12.2. The Bertz CT molecular complexity index is 652. The SMILES string of the molecule is Cc1ccc(-c2c(C(C)(C)C)n(C(C)C)[nH]c2=O)cc1. The topological polar surface area (TPSA) is 37.8 Å². The van der Waals surface area contributed by atoms with Gasteiger partial charge in [0.2, 0.25) is 0 Å². The molecule has 1 aromatic carbocycles. The predicted molar refractivity (Wildman–Crippen MR) is 84.3 cm³/mol. The van der Waals surface area contributed by atoms with Crippen molar-refractivity contribution in [1.82, 2.24) is 9.78 Å². The van der Waals surface area contributed by atoms with Gasteiger partial charge in [-0.2, -0.15) is 0 Å². The molecule has 0 unspecified atom stereocenters. The summed E-state index contributed by atoms with van der Waals surface area (Å²) in [6.07, 6.45) is 0. The molecule has 0 saturated heterocycles. The zero-order chi connectivity index (χ0) is 15.1. The lowest BCUT2D eigenvalue weighted by Crippen LogP contribution is -2.20. The molecule has 0 aliphatic carbocycles. The molecule has 2 rings (SSSR count). The average Bonchev–Trinajstić information content (AvgIpc) is 2.68.